The van der Waals surface area contributed by atoms with Gasteiger partial charge in [0.05, 0.1) is 13.0 Å². The standard InChI is InChI=1S/C14H19NO2/c1-11-4-2-3-5-13(11)15-9-8-14(16)17-10-12-6-7-12/h2-5,12,15H,6-10H2,1H3. The molecule has 0 heterocycles. The number of carbonyl (C=O) groups is 1. The Balaban J connectivity index is 1.64. The summed E-state index contributed by atoms with van der Waals surface area (Å²) in [4.78, 5) is 11.4. The molecular formula is C14H19NO2. The number of carbonyl (C=O) groups excluding carboxylic acids is 1. The molecule has 0 atom stereocenters. The van der Waals surface area contributed by atoms with Crippen LogP contribution in [-0.2, 0) is 9.53 Å². The van der Waals surface area contributed by atoms with Crippen LogP contribution in [0.3, 0.4) is 0 Å². The van der Waals surface area contributed by atoms with E-state index in [2.05, 4.69) is 5.32 Å². The normalized spacial score (nSPS) is 14.4. The van der Waals surface area contributed by atoms with Gasteiger partial charge in [0.25, 0.3) is 0 Å². The molecule has 0 amide bonds. The van der Waals surface area contributed by atoms with Gasteiger partial charge in [-0.25, -0.2) is 0 Å². The molecule has 1 aromatic rings. The summed E-state index contributed by atoms with van der Waals surface area (Å²) in [7, 11) is 0. The van der Waals surface area contributed by atoms with E-state index in [4.69, 9.17) is 4.74 Å². The van der Waals surface area contributed by atoms with Crippen LogP contribution in [0.5, 0.6) is 0 Å². The Morgan fingerprint density at radius 2 is 2.18 bits per heavy atom. The SMILES string of the molecule is Cc1ccccc1NCCC(=O)OCC1CC1. The van der Waals surface area contributed by atoms with E-state index in [0.29, 0.717) is 25.5 Å². The second-order valence-corrected chi connectivity index (χ2v) is 4.62. The van der Waals surface area contributed by atoms with Crippen LogP contribution in [0.1, 0.15) is 24.8 Å². The number of para-hydroxylation sites is 1. The number of aryl methyl sites for hydroxylation is 1. The molecule has 0 saturated heterocycles. The first-order chi connectivity index (χ1) is 8.25. The highest BCUT2D eigenvalue weighted by molar-refractivity contribution is 5.70. The molecule has 17 heavy (non-hydrogen) atoms. The molecule has 1 aliphatic carbocycles. The number of rotatable bonds is 6. The molecule has 1 saturated carbocycles. The topological polar surface area (TPSA) is 38.3 Å². The largest absolute Gasteiger partial charge is 0.465 e. The first-order valence-corrected chi connectivity index (χ1v) is 6.21. The fraction of sp³-hybridized carbons (Fsp3) is 0.500. The third-order valence-electron chi connectivity index (χ3n) is 2.97. The summed E-state index contributed by atoms with van der Waals surface area (Å²) in [6.07, 6.45) is 2.87. The van der Waals surface area contributed by atoms with Gasteiger partial charge < -0.3 is 10.1 Å². The maximum atomic E-state index is 11.4. The predicted octanol–water partition coefficient (Wildman–Crippen LogP) is 2.75. The molecule has 1 aliphatic rings. The number of benzene rings is 1. The lowest BCUT2D eigenvalue weighted by Gasteiger charge is -2.09. The predicted molar refractivity (Wildman–Crippen MR) is 68.0 cm³/mol. The van der Waals surface area contributed by atoms with Gasteiger partial charge in [0.1, 0.15) is 0 Å². The van der Waals surface area contributed by atoms with Gasteiger partial charge in [0.2, 0.25) is 0 Å². The zero-order chi connectivity index (χ0) is 12.1. The van der Waals surface area contributed by atoms with Crippen molar-refractivity contribution in [2.45, 2.75) is 26.2 Å². The summed E-state index contributed by atoms with van der Waals surface area (Å²) in [6.45, 7) is 3.30. The van der Waals surface area contributed by atoms with Crippen LogP contribution in [0.25, 0.3) is 0 Å². The summed E-state index contributed by atoms with van der Waals surface area (Å²) >= 11 is 0. The first kappa shape index (κ1) is 12.0. The highest BCUT2D eigenvalue weighted by Crippen LogP contribution is 2.28. The van der Waals surface area contributed by atoms with E-state index in [1.54, 1.807) is 0 Å². The highest BCUT2D eigenvalue weighted by Gasteiger charge is 2.22. The summed E-state index contributed by atoms with van der Waals surface area (Å²) < 4.78 is 5.16. The van der Waals surface area contributed by atoms with Gasteiger partial charge in [-0.1, -0.05) is 18.2 Å². The van der Waals surface area contributed by atoms with Crippen LogP contribution < -0.4 is 5.32 Å². The third-order valence-corrected chi connectivity index (χ3v) is 2.97. The number of nitrogens with one attached hydrogen (secondary N) is 1. The third kappa shape index (κ3) is 4.10. The minimum absolute atomic E-state index is 0.0991. The molecule has 3 heteroatoms. The minimum Gasteiger partial charge on any atom is -0.465 e. The molecule has 1 fully saturated rings. The quantitative estimate of drug-likeness (QED) is 0.768. The van der Waals surface area contributed by atoms with Crippen molar-refractivity contribution in [3.8, 4) is 0 Å². The second-order valence-electron chi connectivity index (χ2n) is 4.62. The van der Waals surface area contributed by atoms with Crippen molar-refractivity contribution in [3.05, 3.63) is 29.8 Å². The second kappa shape index (κ2) is 5.71. The van der Waals surface area contributed by atoms with Crippen molar-refractivity contribution in [2.75, 3.05) is 18.5 Å². The van der Waals surface area contributed by atoms with E-state index in [-0.39, 0.29) is 5.97 Å². The molecule has 0 bridgehead atoms. The zero-order valence-electron chi connectivity index (χ0n) is 10.2. The van der Waals surface area contributed by atoms with Crippen molar-refractivity contribution >= 4 is 11.7 Å². The van der Waals surface area contributed by atoms with Crippen molar-refractivity contribution in [1.82, 2.24) is 0 Å². The van der Waals surface area contributed by atoms with E-state index in [9.17, 15) is 4.79 Å². The van der Waals surface area contributed by atoms with Gasteiger partial charge in [0, 0.05) is 12.2 Å². The van der Waals surface area contributed by atoms with E-state index in [0.717, 1.165) is 5.69 Å². The average molecular weight is 233 g/mol. The van der Waals surface area contributed by atoms with Crippen molar-refractivity contribution in [1.29, 1.82) is 0 Å². The van der Waals surface area contributed by atoms with Gasteiger partial charge in [-0.2, -0.15) is 0 Å². The van der Waals surface area contributed by atoms with Crippen LogP contribution in [0.2, 0.25) is 0 Å². The van der Waals surface area contributed by atoms with Gasteiger partial charge in [-0.15, -0.1) is 0 Å². The van der Waals surface area contributed by atoms with Gasteiger partial charge in [0.15, 0.2) is 0 Å². The molecule has 3 nitrogen and oxygen atoms in total. The number of anilines is 1. The molecule has 0 aliphatic heterocycles. The molecule has 0 radical (unpaired) electrons. The molecule has 0 unspecified atom stereocenters. The minimum atomic E-state index is -0.0991. The molecule has 2 rings (SSSR count). The van der Waals surface area contributed by atoms with Crippen molar-refractivity contribution in [2.24, 2.45) is 5.92 Å². The number of ether oxygens (including phenoxy) is 1. The lowest BCUT2D eigenvalue weighted by atomic mass is 10.2. The zero-order valence-corrected chi connectivity index (χ0v) is 10.2. The van der Waals surface area contributed by atoms with Crippen LogP contribution in [0.15, 0.2) is 24.3 Å². The summed E-state index contributed by atoms with van der Waals surface area (Å²) in [5.41, 5.74) is 2.28. The van der Waals surface area contributed by atoms with Crippen LogP contribution in [-0.4, -0.2) is 19.1 Å². The number of hydrogen-bond donors (Lipinski definition) is 1. The van der Waals surface area contributed by atoms with E-state index < -0.39 is 0 Å². The van der Waals surface area contributed by atoms with Crippen LogP contribution in [0.4, 0.5) is 5.69 Å². The van der Waals surface area contributed by atoms with E-state index >= 15 is 0 Å². The van der Waals surface area contributed by atoms with E-state index in [1.165, 1.54) is 18.4 Å². The van der Waals surface area contributed by atoms with Gasteiger partial charge >= 0.3 is 5.97 Å². The van der Waals surface area contributed by atoms with Gasteiger partial charge in [-0.05, 0) is 37.3 Å². The number of hydrogen-bond acceptors (Lipinski definition) is 3. The lowest BCUT2D eigenvalue weighted by molar-refractivity contribution is -0.143. The Morgan fingerprint density at radius 1 is 1.41 bits per heavy atom. The molecule has 0 spiro atoms. The summed E-state index contributed by atoms with van der Waals surface area (Å²) in [5, 5.41) is 3.25. The molecule has 92 valence electrons. The Kier molecular flexibility index (Phi) is 4.02. The maximum absolute atomic E-state index is 11.4. The summed E-state index contributed by atoms with van der Waals surface area (Å²) in [6, 6.07) is 8.06. The summed E-state index contributed by atoms with van der Waals surface area (Å²) in [5.74, 6) is 0.543. The fourth-order valence-corrected chi connectivity index (χ4v) is 1.64. The maximum Gasteiger partial charge on any atom is 0.307 e. The average Bonchev–Trinajstić information content (AvgIpc) is 3.13. The van der Waals surface area contributed by atoms with E-state index in [1.807, 2.05) is 31.2 Å². The van der Waals surface area contributed by atoms with Crippen LogP contribution in [0, 0.1) is 12.8 Å². The monoisotopic (exact) mass is 233 g/mol. The van der Waals surface area contributed by atoms with Gasteiger partial charge in [-0.3, -0.25) is 4.79 Å². The molecule has 1 aromatic carbocycles. The Bertz CT molecular complexity index is 386. The smallest absolute Gasteiger partial charge is 0.307 e. The Morgan fingerprint density at radius 3 is 2.88 bits per heavy atom. The molecule has 1 N–H and O–H groups in total. The van der Waals surface area contributed by atoms with Crippen molar-refractivity contribution in [3.63, 3.8) is 0 Å². The van der Waals surface area contributed by atoms with Crippen LogP contribution >= 0.6 is 0 Å². The van der Waals surface area contributed by atoms with Crippen molar-refractivity contribution < 1.29 is 9.53 Å². The lowest BCUT2D eigenvalue weighted by Crippen LogP contribution is -2.13. The Hall–Kier alpha value is -1.51. The first-order valence-electron chi connectivity index (χ1n) is 6.21. The fourth-order valence-electron chi connectivity index (χ4n) is 1.64. The number of esters is 1. The molecular weight excluding hydrogens is 214 g/mol. The highest BCUT2D eigenvalue weighted by atomic mass is 16.5. The molecule has 0 aromatic heterocycles. The Labute approximate surface area is 102 Å².